The highest BCUT2D eigenvalue weighted by molar-refractivity contribution is 5.67. The molecule has 1 N–H and O–H groups in total. The molecule has 1 saturated heterocycles. The predicted octanol–water partition coefficient (Wildman–Crippen LogP) is 4.66. The van der Waals surface area contributed by atoms with Crippen molar-refractivity contribution in [2.45, 2.75) is 32.2 Å². The highest BCUT2D eigenvalue weighted by Crippen LogP contribution is 2.34. The van der Waals surface area contributed by atoms with E-state index in [2.05, 4.69) is 24.9 Å². The molecule has 0 spiro atoms. The molecule has 4 nitrogen and oxygen atoms in total. The number of nitrogens with zero attached hydrogens (tertiary/aromatic N) is 2. The molecule has 0 saturated carbocycles. The number of carbonyl (C=O) groups is 1. The summed E-state index contributed by atoms with van der Waals surface area (Å²) in [5.41, 5.74) is 3.37. The molecule has 2 heterocycles. The van der Waals surface area contributed by atoms with Crippen LogP contribution in [0.15, 0.2) is 54.6 Å². The van der Waals surface area contributed by atoms with Gasteiger partial charge in [-0.1, -0.05) is 61.5 Å². The van der Waals surface area contributed by atoms with Crippen LogP contribution < -0.4 is 0 Å². The van der Waals surface area contributed by atoms with Crippen molar-refractivity contribution in [2.75, 3.05) is 26.7 Å². The minimum Gasteiger partial charge on any atom is -0.465 e. The molecule has 0 radical (unpaired) electrons. The summed E-state index contributed by atoms with van der Waals surface area (Å²) in [7, 11) is 2.20. The average Bonchev–Trinajstić information content (AvgIpc) is 2.70. The van der Waals surface area contributed by atoms with Gasteiger partial charge in [0, 0.05) is 6.54 Å². The quantitative estimate of drug-likeness (QED) is 0.798. The van der Waals surface area contributed by atoms with Crippen LogP contribution in [0.2, 0.25) is 0 Å². The highest BCUT2D eigenvalue weighted by Gasteiger charge is 2.31. The summed E-state index contributed by atoms with van der Waals surface area (Å²) in [5, 5.41) is 9.42. The van der Waals surface area contributed by atoms with Crippen molar-refractivity contribution in [3.8, 4) is 0 Å². The standard InChI is InChI=1S/C16H15NO2.C7H15N/c18-16(19)17-11-10-12-6-4-5-9-14(12)15(17)13-7-2-1-3-8-13;1-7-3-5-8(2)6-4-7/h1-9,15H,10-11H2,(H,18,19);7H,3-6H2,1-2H3. The van der Waals surface area contributed by atoms with Crippen LogP contribution in [0.1, 0.15) is 42.5 Å². The molecule has 2 aliphatic rings. The minimum absolute atomic E-state index is 0.191. The second-order valence-corrected chi connectivity index (χ2v) is 7.72. The predicted molar refractivity (Wildman–Crippen MR) is 109 cm³/mol. The summed E-state index contributed by atoms with van der Waals surface area (Å²) in [4.78, 5) is 15.4. The number of carboxylic acid groups (broad SMARTS) is 1. The lowest BCUT2D eigenvalue weighted by atomic mass is 9.88. The minimum atomic E-state index is -0.858. The van der Waals surface area contributed by atoms with E-state index in [1.165, 1.54) is 36.4 Å². The zero-order valence-corrected chi connectivity index (χ0v) is 16.3. The van der Waals surface area contributed by atoms with Crippen LogP contribution in [-0.4, -0.2) is 47.7 Å². The van der Waals surface area contributed by atoms with Crippen LogP contribution in [0.5, 0.6) is 0 Å². The van der Waals surface area contributed by atoms with Gasteiger partial charge in [0.15, 0.2) is 0 Å². The summed E-state index contributed by atoms with van der Waals surface area (Å²) >= 11 is 0. The van der Waals surface area contributed by atoms with Crippen LogP contribution in [0.25, 0.3) is 0 Å². The summed E-state index contributed by atoms with van der Waals surface area (Å²) < 4.78 is 0. The van der Waals surface area contributed by atoms with Gasteiger partial charge in [0.05, 0.1) is 6.04 Å². The van der Waals surface area contributed by atoms with Crippen molar-refractivity contribution in [2.24, 2.45) is 5.92 Å². The van der Waals surface area contributed by atoms with Crippen molar-refractivity contribution >= 4 is 6.09 Å². The molecule has 4 heteroatoms. The maximum absolute atomic E-state index is 11.5. The molecular weight excluding hydrogens is 336 g/mol. The van der Waals surface area contributed by atoms with Crippen molar-refractivity contribution in [3.63, 3.8) is 0 Å². The zero-order chi connectivity index (χ0) is 19.2. The van der Waals surface area contributed by atoms with Crippen LogP contribution >= 0.6 is 0 Å². The van der Waals surface area contributed by atoms with E-state index in [1.807, 2.05) is 48.5 Å². The van der Waals surface area contributed by atoms with Crippen LogP contribution in [0, 0.1) is 5.92 Å². The number of hydrogen-bond acceptors (Lipinski definition) is 2. The number of hydrogen-bond donors (Lipinski definition) is 1. The van der Waals surface area contributed by atoms with E-state index in [0.29, 0.717) is 6.54 Å². The average molecular weight is 367 g/mol. The second kappa shape index (κ2) is 9.05. The number of fused-ring (bicyclic) bond motifs is 1. The maximum atomic E-state index is 11.5. The Bertz CT molecular complexity index is 729. The van der Waals surface area contributed by atoms with E-state index in [1.54, 1.807) is 0 Å². The normalized spacial score (nSPS) is 20.4. The molecule has 1 fully saturated rings. The Hall–Kier alpha value is -2.33. The fraction of sp³-hybridized carbons (Fsp3) is 0.435. The molecule has 2 aliphatic heterocycles. The number of likely N-dealkylation sites (tertiary alicyclic amines) is 1. The third-order valence-electron chi connectivity index (χ3n) is 5.65. The lowest BCUT2D eigenvalue weighted by molar-refractivity contribution is 0.129. The summed E-state index contributed by atoms with van der Waals surface area (Å²) in [6, 6.07) is 17.7. The van der Waals surface area contributed by atoms with Gasteiger partial charge < -0.3 is 10.0 Å². The number of benzene rings is 2. The summed E-state index contributed by atoms with van der Waals surface area (Å²) in [5.74, 6) is 0.978. The first-order valence-electron chi connectivity index (χ1n) is 9.87. The van der Waals surface area contributed by atoms with Crippen molar-refractivity contribution < 1.29 is 9.90 Å². The smallest absolute Gasteiger partial charge is 0.408 e. The van der Waals surface area contributed by atoms with Crippen LogP contribution in [0.3, 0.4) is 0 Å². The molecule has 144 valence electrons. The lowest BCUT2D eigenvalue weighted by Crippen LogP contribution is -2.39. The Morgan fingerprint density at radius 3 is 2.22 bits per heavy atom. The van der Waals surface area contributed by atoms with E-state index in [4.69, 9.17) is 0 Å². The molecule has 2 aromatic carbocycles. The van der Waals surface area contributed by atoms with Crippen molar-refractivity contribution in [1.29, 1.82) is 0 Å². The lowest BCUT2D eigenvalue weighted by Gasteiger charge is -2.35. The molecule has 4 rings (SSSR count). The molecule has 1 amide bonds. The highest BCUT2D eigenvalue weighted by atomic mass is 16.4. The fourth-order valence-electron chi connectivity index (χ4n) is 3.91. The molecule has 1 unspecified atom stereocenters. The van der Waals surface area contributed by atoms with Crippen molar-refractivity contribution in [3.05, 3.63) is 71.3 Å². The Kier molecular flexibility index (Phi) is 6.51. The molecule has 0 aliphatic carbocycles. The topological polar surface area (TPSA) is 43.8 Å². The van der Waals surface area contributed by atoms with E-state index in [9.17, 15) is 9.90 Å². The molecule has 27 heavy (non-hydrogen) atoms. The monoisotopic (exact) mass is 366 g/mol. The first-order chi connectivity index (χ1) is 13.1. The van der Waals surface area contributed by atoms with Crippen LogP contribution in [-0.2, 0) is 6.42 Å². The molecule has 0 bridgehead atoms. The largest absolute Gasteiger partial charge is 0.465 e. The Labute approximate surface area is 162 Å². The molecule has 2 aromatic rings. The number of rotatable bonds is 1. The fourth-order valence-corrected chi connectivity index (χ4v) is 3.91. The Morgan fingerprint density at radius 1 is 0.963 bits per heavy atom. The number of piperidine rings is 1. The van der Waals surface area contributed by atoms with Crippen LogP contribution in [0.4, 0.5) is 4.79 Å². The SMILES string of the molecule is CC1CCN(C)CC1.O=C(O)N1CCc2ccccc2C1c1ccccc1. The van der Waals surface area contributed by atoms with E-state index in [0.717, 1.165) is 23.5 Å². The van der Waals surface area contributed by atoms with E-state index >= 15 is 0 Å². The number of amides is 1. The Morgan fingerprint density at radius 2 is 1.59 bits per heavy atom. The van der Waals surface area contributed by atoms with Gasteiger partial charge in [0.25, 0.3) is 0 Å². The zero-order valence-electron chi connectivity index (χ0n) is 16.3. The van der Waals surface area contributed by atoms with Gasteiger partial charge in [-0.3, -0.25) is 4.90 Å². The maximum Gasteiger partial charge on any atom is 0.408 e. The van der Waals surface area contributed by atoms with E-state index < -0.39 is 6.09 Å². The van der Waals surface area contributed by atoms with Gasteiger partial charge in [0.2, 0.25) is 0 Å². The summed E-state index contributed by atoms with van der Waals surface area (Å²) in [6.07, 6.45) is 2.72. The third-order valence-corrected chi connectivity index (χ3v) is 5.65. The Balaban J connectivity index is 0.000000221. The van der Waals surface area contributed by atoms with Gasteiger partial charge in [-0.2, -0.15) is 0 Å². The first-order valence-corrected chi connectivity index (χ1v) is 9.87. The van der Waals surface area contributed by atoms with Gasteiger partial charge in [0.1, 0.15) is 0 Å². The van der Waals surface area contributed by atoms with Gasteiger partial charge >= 0.3 is 6.09 Å². The third kappa shape index (κ3) is 4.89. The van der Waals surface area contributed by atoms with Gasteiger partial charge in [-0.15, -0.1) is 0 Å². The van der Waals surface area contributed by atoms with Gasteiger partial charge in [-0.05, 0) is 62.0 Å². The van der Waals surface area contributed by atoms with Gasteiger partial charge in [-0.25, -0.2) is 4.79 Å². The molecular formula is C23H30N2O2. The first kappa shape index (κ1) is 19.4. The van der Waals surface area contributed by atoms with Crippen molar-refractivity contribution in [1.82, 2.24) is 9.80 Å². The summed E-state index contributed by atoms with van der Waals surface area (Å²) in [6.45, 7) is 5.50. The van der Waals surface area contributed by atoms with E-state index in [-0.39, 0.29) is 6.04 Å². The second-order valence-electron chi connectivity index (χ2n) is 7.72. The molecule has 1 atom stereocenters. The molecule has 0 aromatic heterocycles.